The van der Waals surface area contributed by atoms with Crippen LogP contribution >= 0.6 is 23.2 Å². The average Bonchev–Trinajstić information content (AvgIpc) is 2.97. The molecule has 0 aliphatic heterocycles. The molecular formula is C22H27Cl2NO. The molecule has 0 spiro atoms. The second kappa shape index (κ2) is 8.75. The molecule has 4 heteroatoms. The molecule has 0 aromatic heterocycles. The van der Waals surface area contributed by atoms with E-state index in [1.807, 2.05) is 24.3 Å². The SMILES string of the molecule is CCCCN(CCCC)C(O)c1cc(Cl)cc2c1-c1ccc(Cl)cc1C2. The van der Waals surface area contributed by atoms with E-state index in [0.29, 0.717) is 5.02 Å². The van der Waals surface area contributed by atoms with E-state index in [0.717, 1.165) is 61.3 Å². The predicted octanol–water partition coefficient (Wildman–Crippen LogP) is 6.46. The first kappa shape index (κ1) is 19.7. The van der Waals surface area contributed by atoms with Gasteiger partial charge in [0.05, 0.1) is 0 Å². The van der Waals surface area contributed by atoms with Gasteiger partial charge in [0, 0.05) is 28.7 Å². The number of halogens is 2. The maximum Gasteiger partial charge on any atom is 0.134 e. The van der Waals surface area contributed by atoms with E-state index in [-0.39, 0.29) is 0 Å². The van der Waals surface area contributed by atoms with Crippen LogP contribution in [0.25, 0.3) is 11.1 Å². The van der Waals surface area contributed by atoms with Gasteiger partial charge in [-0.25, -0.2) is 0 Å². The quantitative estimate of drug-likeness (QED) is 0.445. The van der Waals surface area contributed by atoms with Gasteiger partial charge in [-0.15, -0.1) is 0 Å². The maximum absolute atomic E-state index is 11.2. The van der Waals surface area contributed by atoms with Crippen molar-refractivity contribution in [1.29, 1.82) is 0 Å². The van der Waals surface area contributed by atoms with Crippen molar-refractivity contribution in [2.75, 3.05) is 13.1 Å². The van der Waals surface area contributed by atoms with Gasteiger partial charge in [-0.05, 0) is 65.8 Å². The van der Waals surface area contributed by atoms with Crippen LogP contribution in [0.4, 0.5) is 0 Å². The summed E-state index contributed by atoms with van der Waals surface area (Å²) < 4.78 is 0. The van der Waals surface area contributed by atoms with E-state index in [2.05, 4.69) is 24.8 Å². The molecule has 0 saturated heterocycles. The fraction of sp³-hybridized carbons (Fsp3) is 0.455. The summed E-state index contributed by atoms with van der Waals surface area (Å²) in [6.07, 6.45) is 4.57. The van der Waals surface area contributed by atoms with Crippen molar-refractivity contribution in [1.82, 2.24) is 4.90 Å². The van der Waals surface area contributed by atoms with Gasteiger partial charge in [0.25, 0.3) is 0 Å². The van der Waals surface area contributed by atoms with Crippen LogP contribution < -0.4 is 0 Å². The summed E-state index contributed by atoms with van der Waals surface area (Å²) in [6, 6.07) is 9.96. The van der Waals surface area contributed by atoms with Crippen molar-refractivity contribution in [3.05, 3.63) is 57.1 Å². The first-order chi connectivity index (χ1) is 12.5. The van der Waals surface area contributed by atoms with Crippen LogP contribution in [-0.2, 0) is 6.42 Å². The van der Waals surface area contributed by atoms with E-state index >= 15 is 0 Å². The van der Waals surface area contributed by atoms with Gasteiger partial charge >= 0.3 is 0 Å². The zero-order chi connectivity index (χ0) is 18.7. The van der Waals surface area contributed by atoms with Crippen molar-refractivity contribution in [3.63, 3.8) is 0 Å². The third-order valence-corrected chi connectivity index (χ3v) is 5.61. The lowest BCUT2D eigenvalue weighted by molar-refractivity contribution is 0.000330. The summed E-state index contributed by atoms with van der Waals surface area (Å²) in [5.74, 6) is 0. The highest BCUT2D eigenvalue weighted by atomic mass is 35.5. The minimum atomic E-state index is -0.637. The van der Waals surface area contributed by atoms with E-state index in [9.17, 15) is 5.11 Å². The lowest BCUT2D eigenvalue weighted by Crippen LogP contribution is -2.31. The highest BCUT2D eigenvalue weighted by molar-refractivity contribution is 6.31. The fourth-order valence-electron chi connectivity index (χ4n) is 3.79. The zero-order valence-electron chi connectivity index (χ0n) is 15.6. The van der Waals surface area contributed by atoms with Crippen molar-refractivity contribution < 1.29 is 5.11 Å². The number of nitrogens with zero attached hydrogens (tertiary/aromatic N) is 1. The maximum atomic E-state index is 11.2. The third-order valence-electron chi connectivity index (χ3n) is 5.15. The number of hydrogen-bond acceptors (Lipinski definition) is 2. The minimum absolute atomic E-state index is 0.637. The van der Waals surface area contributed by atoms with Crippen molar-refractivity contribution in [2.45, 2.75) is 52.2 Å². The molecule has 0 radical (unpaired) electrons. The molecule has 2 aromatic rings. The summed E-state index contributed by atoms with van der Waals surface area (Å²) in [5, 5.41) is 12.7. The summed E-state index contributed by atoms with van der Waals surface area (Å²) in [4.78, 5) is 2.19. The topological polar surface area (TPSA) is 23.5 Å². The van der Waals surface area contributed by atoms with Crippen LogP contribution in [0.15, 0.2) is 30.3 Å². The molecule has 2 nitrogen and oxygen atoms in total. The Labute approximate surface area is 166 Å². The highest BCUT2D eigenvalue weighted by Gasteiger charge is 2.28. The summed E-state index contributed by atoms with van der Waals surface area (Å²) in [5.41, 5.74) is 5.60. The van der Waals surface area contributed by atoms with E-state index in [4.69, 9.17) is 23.2 Å². The van der Waals surface area contributed by atoms with Gasteiger partial charge in [0.2, 0.25) is 0 Å². The summed E-state index contributed by atoms with van der Waals surface area (Å²) in [7, 11) is 0. The van der Waals surface area contributed by atoms with Crippen LogP contribution in [0.1, 0.15) is 62.4 Å². The van der Waals surface area contributed by atoms with Gasteiger partial charge in [0.1, 0.15) is 6.23 Å². The number of aliphatic hydroxyl groups excluding tert-OH is 1. The van der Waals surface area contributed by atoms with E-state index in [1.165, 1.54) is 16.7 Å². The molecule has 0 saturated carbocycles. The van der Waals surface area contributed by atoms with Crippen LogP contribution in [-0.4, -0.2) is 23.1 Å². The van der Waals surface area contributed by atoms with Gasteiger partial charge in [0.15, 0.2) is 0 Å². The number of rotatable bonds is 8. The average molecular weight is 392 g/mol. The molecule has 1 atom stereocenters. The fourth-order valence-corrected chi connectivity index (χ4v) is 4.23. The molecule has 140 valence electrons. The number of fused-ring (bicyclic) bond motifs is 3. The summed E-state index contributed by atoms with van der Waals surface area (Å²) >= 11 is 12.6. The third kappa shape index (κ3) is 4.09. The molecule has 1 unspecified atom stereocenters. The van der Waals surface area contributed by atoms with Crippen LogP contribution in [0.5, 0.6) is 0 Å². The predicted molar refractivity (Wildman–Crippen MR) is 111 cm³/mol. The standard InChI is InChI=1S/C22H27Cl2NO/c1-3-5-9-25(10-6-4-2)22(26)20-14-18(24)13-16-11-15-12-17(23)7-8-19(15)21(16)20/h7-8,12-14,22,26H,3-6,9-11H2,1-2H3. The second-order valence-corrected chi connectivity index (χ2v) is 8.00. The first-order valence-corrected chi connectivity index (χ1v) is 10.3. The molecular weight excluding hydrogens is 365 g/mol. The Morgan fingerprint density at radius 2 is 1.62 bits per heavy atom. The van der Waals surface area contributed by atoms with Gasteiger partial charge < -0.3 is 5.11 Å². The minimum Gasteiger partial charge on any atom is -0.374 e. The van der Waals surface area contributed by atoms with Crippen molar-refractivity contribution >= 4 is 23.2 Å². The Morgan fingerprint density at radius 3 is 2.27 bits per heavy atom. The monoisotopic (exact) mass is 391 g/mol. The van der Waals surface area contributed by atoms with Gasteiger partial charge in [-0.3, -0.25) is 4.90 Å². The van der Waals surface area contributed by atoms with Crippen LogP contribution in [0, 0.1) is 0 Å². The molecule has 0 amide bonds. The Hall–Kier alpha value is -1.06. The highest BCUT2D eigenvalue weighted by Crippen LogP contribution is 2.44. The molecule has 0 heterocycles. The Kier molecular flexibility index (Phi) is 6.63. The summed E-state index contributed by atoms with van der Waals surface area (Å²) in [6.45, 7) is 6.15. The molecule has 0 fully saturated rings. The molecule has 0 bridgehead atoms. The zero-order valence-corrected chi connectivity index (χ0v) is 17.1. The second-order valence-electron chi connectivity index (χ2n) is 7.12. The molecule has 1 N–H and O–H groups in total. The smallest absolute Gasteiger partial charge is 0.134 e. The molecule has 26 heavy (non-hydrogen) atoms. The number of unbranched alkanes of at least 4 members (excludes halogenated alkanes) is 2. The lowest BCUT2D eigenvalue weighted by Gasteiger charge is -2.29. The molecule has 2 aromatic carbocycles. The Morgan fingerprint density at radius 1 is 0.962 bits per heavy atom. The number of benzene rings is 2. The van der Waals surface area contributed by atoms with Gasteiger partial charge in [-0.2, -0.15) is 0 Å². The number of hydrogen-bond donors (Lipinski definition) is 1. The molecule has 1 aliphatic carbocycles. The largest absolute Gasteiger partial charge is 0.374 e. The van der Waals surface area contributed by atoms with Crippen LogP contribution in [0.2, 0.25) is 10.0 Å². The Balaban J connectivity index is 2.01. The van der Waals surface area contributed by atoms with E-state index < -0.39 is 6.23 Å². The lowest BCUT2D eigenvalue weighted by atomic mass is 9.97. The normalized spacial score (nSPS) is 13.8. The van der Waals surface area contributed by atoms with E-state index in [1.54, 1.807) is 0 Å². The molecule has 3 rings (SSSR count). The van der Waals surface area contributed by atoms with Crippen molar-refractivity contribution in [2.24, 2.45) is 0 Å². The Bertz CT molecular complexity index is 767. The first-order valence-electron chi connectivity index (χ1n) is 9.58. The van der Waals surface area contributed by atoms with Gasteiger partial charge in [-0.1, -0.05) is 56.0 Å². The van der Waals surface area contributed by atoms with Crippen LogP contribution in [0.3, 0.4) is 0 Å². The number of aliphatic hydroxyl groups is 1. The molecule has 1 aliphatic rings. The van der Waals surface area contributed by atoms with Crippen molar-refractivity contribution in [3.8, 4) is 11.1 Å².